The van der Waals surface area contributed by atoms with Crippen LogP contribution in [0.15, 0.2) is 36.7 Å². The smallest absolute Gasteiger partial charge is 0.244 e. The van der Waals surface area contributed by atoms with Gasteiger partial charge in [-0.25, -0.2) is 4.98 Å². The number of piperazine rings is 1. The third-order valence-electron chi connectivity index (χ3n) is 4.91. The van der Waals surface area contributed by atoms with E-state index in [1.165, 1.54) is 0 Å². The quantitative estimate of drug-likeness (QED) is 0.607. The molecule has 9 heteroatoms. The highest BCUT2D eigenvalue weighted by Gasteiger charge is 2.22. The van der Waals surface area contributed by atoms with Gasteiger partial charge in [0.2, 0.25) is 5.91 Å². The summed E-state index contributed by atoms with van der Waals surface area (Å²) < 4.78 is 6.96. The molecule has 1 aliphatic rings. The molecule has 28 heavy (non-hydrogen) atoms. The molecule has 2 aromatic heterocycles. The number of pyridine rings is 1. The molecule has 0 spiro atoms. The fourth-order valence-corrected chi connectivity index (χ4v) is 3.71. The zero-order valence-electron chi connectivity index (χ0n) is 15.3. The highest BCUT2D eigenvalue weighted by molar-refractivity contribution is 6.32. The molecule has 3 aromatic rings. The second kappa shape index (κ2) is 7.85. The van der Waals surface area contributed by atoms with Crippen molar-refractivity contribution in [3.05, 3.63) is 46.8 Å². The van der Waals surface area contributed by atoms with E-state index in [-0.39, 0.29) is 12.5 Å². The molecule has 146 valence electrons. The van der Waals surface area contributed by atoms with Gasteiger partial charge in [0, 0.05) is 55.6 Å². The van der Waals surface area contributed by atoms with E-state index in [0.29, 0.717) is 29.0 Å². The Morgan fingerprint density at radius 2 is 1.93 bits per heavy atom. The minimum atomic E-state index is 0.0336. The average molecular weight is 420 g/mol. The highest BCUT2D eigenvalue weighted by Crippen LogP contribution is 2.29. The topological polar surface area (TPSA) is 63.5 Å². The zero-order valence-corrected chi connectivity index (χ0v) is 16.8. The summed E-state index contributed by atoms with van der Waals surface area (Å²) in [7, 11) is 1.60. The van der Waals surface area contributed by atoms with Gasteiger partial charge in [-0.2, -0.15) is 5.10 Å². The molecule has 4 rings (SSSR count). The molecule has 0 atom stereocenters. The van der Waals surface area contributed by atoms with Gasteiger partial charge in [-0.1, -0.05) is 23.2 Å². The van der Waals surface area contributed by atoms with Crippen molar-refractivity contribution >= 4 is 45.7 Å². The number of amides is 1. The lowest BCUT2D eigenvalue weighted by molar-refractivity contribution is -0.132. The number of halogens is 2. The Balaban J connectivity index is 1.40. The van der Waals surface area contributed by atoms with Crippen molar-refractivity contribution in [2.45, 2.75) is 6.54 Å². The van der Waals surface area contributed by atoms with Crippen LogP contribution in [0.2, 0.25) is 10.2 Å². The number of nitrogens with zero attached hydrogens (tertiary/aromatic N) is 5. The standard InChI is InChI=1S/C19H19Cl2N5O2/c1-28-17-8-14(2-3-15(17)20)24-4-6-25(7-5-24)19(27)12-26-16-9-18(21)22-10-13(16)11-23-26/h2-3,8-11H,4-7,12H2,1H3. The summed E-state index contributed by atoms with van der Waals surface area (Å²) >= 11 is 12.1. The molecule has 1 aromatic carbocycles. The van der Waals surface area contributed by atoms with E-state index in [4.69, 9.17) is 27.9 Å². The first-order valence-electron chi connectivity index (χ1n) is 8.88. The first-order valence-corrected chi connectivity index (χ1v) is 9.64. The van der Waals surface area contributed by atoms with Crippen LogP contribution in [0.3, 0.4) is 0 Å². The Morgan fingerprint density at radius 1 is 1.14 bits per heavy atom. The summed E-state index contributed by atoms with van der Waals surface area (Å²) in [5.74, 6) is 0.683. The summed E-state index contributed by atoms with van der Waals surface area (Å²) in [4.78, 5) is 20.9. The van der Waals surface area contributed by atoms with Crippen molar-refractivity contribution in [1.82, 2.24) is 19.7 Å². The molecule has 3 heterocycles. The SMILES string of the molecule is COc1cc(N2CCN(C(=O)Cn3ncc4cnc(Cl)cc43)CC2)ccc1Cl. The Hall–Kier alpha value is -2.51. The van der Waals surface area contributed by atoms with E-state index in [9.17, 15) is 4.79 Å². The molecule has 0 bridgehead atoms. The number of fused-ring (bicyclic) bond motifs is 1. The predicted octanol–water partition coefficient (Wildman–Crippen LogP) is 3.10. The number of hydrogen-bond acceptors (Lipinski definition) is 5. The molecule has 1 fully saturated rings. The van der Waals surface area contributed by atoms with Gasteiger partial charge in [-0.15, -0.1) is 0 Å². The van der Waals surface area contributed by atoms with Gasteiger partial charge >= 0.3 is 0 Å². The van der Waals surface area contributed by atoms with E-state index in [1.807, 2.05) is 23.1 Å². The maximum absolute atomic E-state index is 12.7. The summed E-state index contributed by atoms with van der Waals surface area (Å²) in [6.45, 7) is 2.95. The van der Waals surface area contributed by atoms with Gasteiger partial charge in [0.05, 0.1) is 23.8 Å². The van der Waals surface area contributed by atoms with Crippen molar-refractivity contribution in [2.24, 2.45) is 0 Å². The zero-order chi connectivity index (χ0) is 19.7. The van der Waals surface area contributed by atoms with Gasteiger partial charge in [0.15, 0.2) is 0 Å². The van der Waals surface area contributed by atoms with Crippen LogP contribution in [0.5, 0.6) is 5.75 Å². The third kappa shape index (κ3) is 3.72. The Bertz CT molecular complexity index is 1010. The molecule has 1 amide bonds. The highest BCUT2D eigenvalue weighted by atomic mass is 35.5. The summed E-state index contributed by atoms with van der Waals surface area (Å²) in [5, 5.41) is 6.12. The maximum atomic E-state index is 12.7. The molecular formula is C19H19Cl2N5O2. The van der Waals surface area contributed by atoms with Crippen LogP contribution >= 0.6 is 23.2 Å². The van der Waals surface area contributed by atoms with Crippen molar-refractivity contribution in [3.63, 3.8) is 0 Å². The van der Waals surface area contributed by atoms with Crippen LogP contribution in [0.4, 0.5) is 5.69 Å². The first kappa shape index (κ1) is 18.8. The second-order valence-corrected chi connectivity index (χ2v) is 7.35. The number of rotatable bonds is 4. The predicted molar refractivity (Wildman–Crippen MR) is 109 cm³/mol. The number of methoxy groups -OCH3 is 1. The lowest BCUT2D eigenvalue weighted by atomic mass is 10.2. The molecule has 1 saturated heterocycles. The maximum Gasteiger partial charge on any atom is 0.244 e. The van der Waals surface area contributed by atoms with Gasteiger partial charge in [0.1, 0.15) is 17.4 Å². The summed E-state index contributed by atoms with van der Waals surface area (Å²) in [5.41, 5.74) is 1.84. The van der Waals surface area contributed by atoms with Gasteiger partial charge < -0.3 is 14.5 Å². The van der Waals surface area contributed by atoms with Crippen LogP contribution in [0.1, 0.15) is 0 Å². The van der Waals surface area contributed by atoms with Crippen LogP contribution in [-0.2, 0) is 11.3 Å². The van der Waals surface area contributed by atoms with Crippen LogP contribution in [0.25, 0.3) is 10.9 Å². The number of benzene rings is 1. The van der Waals surface area contributed by atoms with Crippen molar-refractivity contribution in [2.75, 3.05) is 38.2 Å². The fourth-order valence-electron chi connectivity index (χ4n) is 3.36. The summed E-state index contributed by atoms with van der Waals surface area (Å²) in [6, 6.07) is 7.45. The van der Waals surface area contributed by atoms with Crippen LogP contribution in [0, 0.1) is 0 Å². The molecule has 0 aliphatic carbocycles. The fraction of sp³-hybridized carbons (Fsp3) is 0.316. The molecule has 0 radical (unpaired) electrons. The second-order valence-electron chi connectivity index (χ2n) is 6.55. The van der Waals surface area contributed by atoms with Crippen LogP contribution in [-0.4, -0.2) is 58.9 Å². The molecule has 0 N–H and O–H groups in total. The molecular weight excluding hydrogens is 401 g/mol. The van der Waals surface area contributed by atoms with Gasteiger partial charge in [-0.05, 0) is 12.1 Å². The minimum absolute atomic E-state index is 0.0336. The number of hydrogen-bond donors (Lipinski definition) is 0. The first-order chi connectivity index (χ1) is 13.5. The third-order valence-corrected chi connectivity index (χ3v) is 5.43. The molecule has 1 aliphatic heterocycles. The number of aromatic nitrogens is 3. The number of ether oxygens (including phenoxy) is 1. The largest absolute Gasteiger partial charge is 0.495 e. The van der Waals surface area contributed by atoms with Gasteiger partial charge in [0.25, 0.3) is 0 Å². The number of carbonyl (C=O) groups is 1. The molecule has 7 nitrogen and oxygen atoms in total. The van der Waals surface area contributed by atoms with Crippen LogP contribution < -0.4 is 9.64 Å². The lowest BCUT2D eigenvalue weighted by Crippen LogP contribution is -2.49. The minimum Gasteiger partial charge on any atom is -0.495 e. The average Bonchev–Trinajstić information content (AvgIpc) is 3.10. The normalized spacial score (nSPS) is 14.5. The van der Waals surface area contributed by atoms with E-state index in [1.54, 1.807) is 30.3 Å². The lowest BCUT2D eigenvalue weighted by Gasteiger charge is -2.36. The Morgan fingerprint density at radius 3 is 2.68 bits per heavy atom. The van der Waals surface area contributed by atoms with Crippen molar-refractivity contribution in [1.29, 1.82) is 0 Å². The Kier molecular flexibility index (Phi) is 5.28. The van der Waals surface area contributed by atoms with Crippen molar-refractivity contribution in [3.8, 4) is 5.75 Å². The van der Waals surface area contributed by atoms with Crippen molar-refractivity contribution < 1.29 is 9.53 Å². The van der Waals surface area contributed by atoms with E-state index >= 15 is 0 Å². The monoisotopic (exact) mass is 419 g/mol. The van der Waals surface area contributed by atoms with Gasteiger partial charge in [-0.3, -0.25) is 9.48 Å². The summed E-state index contributed by atoms with van der Waals surface area (Å²) in [6.07, 6.45) is 3.35. The van der Waals surface area contributed by atoms with E-state index in [0.717, 1.165) is 29.7 Å². The molecule has 0 unspecified atom stereocenters. The number of anilines is 1. The van der Waals surface area contributed by atoms with E-state index in [2.05, 4.69) is 15.0 Å². The van der Waals surface area contributed by atoms with E-state index < -0.39 is 0 Å². The Labute approximate surface area is 172 Å². The molecule has 0 saturated carbocycles. The number of carbonyl (C=O) groups excluding carboxylic acids is 1.